The number of benzene rings is 2. The lowest BCUT2D eigenvalue weighted by molar-refractivity contribution is -0.116. The molecule has 0 aliphatic rings. The van der Waals surface area contributed by atoms with Gasteiger partial charge in [0.05, 0.1) is 13.4 Å². The Morgan fingerprint density at radius 1 is 1.07 bits per heavy atom. The third-order valence-corrected chi connectivity index (χ3v) is 5.43. The van der Waals surface area contributed by atoms with Gasteiger partial charge in [0, 0.05) is 31.3 Å². The van der Waals surface area contributed by atoms with E-state index in [-0.39, 0.29) is 18.9 Å². The second-order valence-electron chi connectivity index (χ2n) is 6.28. The number of hydrogen-bond donors (Lipinski definition) is 1. The Bertz CT molecular complexity index is 838. The van der Waals surface area contributed by atoms with E-state index in [0.717, 1.165) is 6.42 Å². The van der Waals surface area contributed by atoms with E-state index < -0.39 is 10.0 Å². The molecule has 0 aliphatic heterocycles. The molecule has 1 N–H and O–H groups in total. The first-order valence-electron chi connectivity index (χ1n) is 8.81. The second kappa shape index (κ2) is 10.1. The minimum atomic E-state index is -3.37. The van der Waals surface area contributed by atoms with E-state index in [4.69, 9.17) is 4.74 Å². The summed E-state index contributed by atoms with van der Waals surface area (Å²) in [5.41, 5.74) is 1.79. The van der Waals surface area contributed by atoms with Crippen molar-refractivity contribution >= 4 is 21.6 Å². The Morgan fingerprint density at radius 3 is 2.48 bits per heavy atom. The van der Waals surface area contributed by atoms with Crippen LogP contribution in [-0.4, -0.2) is 45.1 Å². The molecule has 0 radical (unpaired) electrons. The number of methoxy groups -OCH3 is 1. The smallest absolute Gasteiger partial charge is 0.225 e. The van der Waals surface area contributed by atoms with Crippen molar-refractivity contribution in [3.05, 3.63) is 60.2 Å². The van der Waals surface area contributed by atoms with Gasteiger partial charge in [-0.3, -0.25) is 4.79 Å². The highest BCUT2D eigenvalue weighted by Gasteiger charge is 2.17. The van der Waals surface area contributed by atoms with Crippen LogP contribution in [0.25, 0.3) is 0 Å². The van der Waals surface area contributed by atoms with Crippen molar-refractivity contribution in [2.24, 2.45) is 0 Å². The highest BCUT2D eigenvalue weighted by Crippen LogP contribution is 2.17. The normalized spacial score (nSPS) is 11.4. The van der Waals surface area contributed by atoms with Crippen molar-refractivity contribution in [2.45, 2.75) is 19.3 Å². The van der Waals surface area contributed by atoms with Gasteiger partial charge in [0.25, 0.3) is 0 Å². The fourth-order valence-corrected chi connectivity index (χ4v) is 3.58. The van der Waals surface area contributed by atoms with E-state index in [1.807, 2.05) is 30.3 Å². The number of anilines is 1. The zero-order valence-corrected chi connectivity index (χ0v) is 16.5. The molecule has 0 fully saturated rings. The molecule has 0 spiro atoms. The van der Waals surface area contributed by atoms with Gasteiger partial charge in [0.15, 0.2) is 0 Å². The molecule has 2 aromatic rings. The van der Waals surface area contributed by atoms with Crippen molar-refractivity contribution in [1.29, 1.82) is 0 Å². The Balaban J connectivity index is 1.85. The lowest BCUT2D eigenvalue weighted by Crippen LogP contribution is -2.34. The number of rotatable bonds is 10. The number of amides is 1. The van der Waals surface area contributed by atoms with Crippen LogP contribution in [0.2, 0.25) is 0 Å². The van der Waals surface area contributed by atoms with Gasteiger partial charge >= 0.3 is 0 Å². The number of sulfonamides is 1. The lowest BCUT2D eigenvalue weighted by atomic mass is 10.1. The quantitative estimate of drug-likeness (QED) is 0.677. The summed E-state index contributed by atoms with van der Waals surface area (Å²) in [6.07, 6.45) is 2.77. The topological polar surface area (TPSA) is 75.7 Å². The molecule has 146 valence electrons. The van der Waals surface area contributed by atoms with Gasteiger partial charge in [-0.15, -0.1) is 0 Å². The molecule has 1 amide bonds. The Kier molecular flexibility index (Phi) is 7.82. The molecule has 6 nitrogen and oxygen atoms in total. The van der Waals surface area contributed by atoms with Crippen LogP contribution in [0, 0.1) is 0 Å². The van der Waals surface area contributed by atoms with Gasteiger partial charge in [-0.2, -0.15) is 0 Å². The summed E-state index contributed by atoms with van der Waals surface area (Å²) in [5, 5.41) is 2.76. The van der Waals surface area contributed by atoms with Crippen LogP contribution in [-0.2, 0) is 21.2 Å². The number of ether oxygens (including phenoxy) is 1. The highest BCUT2D eigenvalue weighted by molar-refractivity contribution is 7.88. The summed E-state index contributed by atoms with van der Waals surface area (Å²) in [7, 11) is -1.81. The number of carbonyl (C=O) groups is 1. The van der Waals surface area contributed by atoms with Crippen LogP contribution < -0.4 is 10.1 Å². The Morgan fingerprint density at radius 2 is 1.81 bits per heavy atom. The standard InChI is InChI=1S/C20H26N2O4S/c1-26-19-12-6-11-18(16-19)21-20(23)13-15-22(27(2,24)25)14-7-10-17-8-4-3-5-9-17/h3-6,8-9,11-12,16H,7,10,13-15H2,1-2H3,(H,21,23). The van der Waals surface area contributed by atoms with E-state index in [2.05, 4.69) is 5.32 Å². The molecule has 0 aliphatic carbocycles. The average molecular weight is 391 g/mol. The summed E-state index contributed by atoms with van der Waals surface area (Å²) in [6.45, 7) is 0.545. The first-order chi connectivity index (χ1) is 12.9. The molecule has 0 saturated carbocycles. The van der Waals surface area contributed by atoms with E-state index in [9.17, 15) is 13.2 Å². The number of nitrogens with zero attached hydrogens (tertiary/aromatic N) is 1. The molecule has 2 rings (SSSR count). The van der Waals surface area contributed by atoms with Crippen molar-refractivity contribution < 1.29 is 17.9 Å². The first-order valence-corrected chi connectivity index (χ1v) is 10.7. The second-order valence-corrected chi connectivity index (χ2v) is 8.26. The van der Waals surface area contributed by atoms with Gasteiger partial charge in [0.1, 0.15) is 5.75 Å². The number of nitrogens with one attached hydrogen (secondary N) is 1. The number of aryl methyl sites for hydroxylation is 1. The van der Waals surface area contributed by atoms with E-state index in [1.54, 1.807) is 31.4 Å². The monoisotopic (exact) mass is 390 g/mol. The van der Waals surface area contributed by atoms with Gasteiger partial charge in [-0.05, 0) is 30.5 Å². The maximum Gasteiger partial charge on any atom is 0.225 e. The molecule has 2 aromatic carbocycles. The number of hydrogen-bond acceptors (Lipinski definition) is 4. The summed E-state index contributed by atoms with van der Waals surface area (Å²) in [6, 6.07) is 17.0. The van der Waals surface area contributed by atoms with Crippen LogP contribution in [0.1, 0.15) is 18.4 Å². The zero-order valence-electron chi connectivity index (χ0n) is 15.7. The van der Waals surface area contributed by atoms with Gasteiger partial charge in [0.2, 0.25) is 15.9 Å². The molecule has 0 saturated heterocycles. The van der Waals surface area contributed by atoms with Crippen molar-refractivity contribution in [3.63, 3.8) is 0 Å². The van der Waals surface area contributed by atoms with Gasteiger partial charge in [-0.25, -0.2) is 12.7 Å². The first kappa shape index (κ1) is 20.9. The molecule has 0 atom stereocenters. The molecule has 0 bridgehead atoms. The van der Waals surface area contributed by atoms with Crippen LogP contribution >= 0.6 is 0 Å². The average Bonchev–Trinajstić information content (AvgIpc) is 2.64. The molecule has 0 heterocycles. The molecular formula is C20H26N2O4S. The van der Waals surface area contributed by atoms with Crippen LogP contribution in [0.15, 0.2) is 54.6 Å². The summed E-state index contributed by atoms with van der Waals surface area (Å²) in [5.74, 6) is 0.409. The summed E-state index contributed by atoms with van der Waals surface area (Å²) >= 11 is 0. The third-order valence-electron chi connectivity index (χ3n) is 4.13. The SMILES string of the molecule is COc1cccc(NC(=O)CCN(CCCc2ccccc2)S(C)(=O)=O)c1. The van der Waals surface area contributed by atoms with Gasteiger partial charge < -0.3 is 10.1 Å². The number of carbonyl (C=O) groups excluding carboxylic acids is 1. The Labute approximate surface area is 161 Å². The van der Waals surface area contributed by atoms with E-state index in [1.165, 1.54) is 16.1 Å². The predicted octanol–water partition coefficient (Wildman–Crippen LogP) is 2.92. The fourth-order valence-electron chi connectivity index (χ4n) is 2.70. The Hall–Kier alpha value is -2.38. The minimum absolute atomic E-state index is 0.0929. The molecular weight excluding hydrogens is 364 g/mol. The molecule has 0 aromatic heterocycles. The van der Waals surface area contributed by atoms with Crippen molar-refractivity contribution in [3.8, 4) is 5.75 Å². The van der Waals surface area contributed by atoms with Crippen LogP contribution in [0.3, 0.4) is 0 Å². The largest absolute Gasteiger partial charge is 0.497 e. The lowest BCUT2D eigenvalue weighted by Gasteiger charge is -2.19. The zero-order chi connectivity index (χ0) is 19.7. The summed E-state index contributed by atoms with van der Waals surface area (Å²) < 4.78 is 30.5. The summed E-state index contributed by atoms with van der Waals surface area (Å²) in [4.78, 5) is 12.2. The molecule has 0 unspecified atom stereocenters. The van der Waals surface area contributed by atoms with E-state index in [0.29, 0.717) is 24.4 Å². The van der Waals surface area contributed by atoms with E-state index >= 15 is 0 Å². The maximum absolute atomic E-state index is 12.2. The van der Waals surface area contributed by atoms with Crippen LogP contribution in [0.5, 0.6) is 5.75 Å². The van der Waals surface area contributed by atoms with Crippen molar-refractivity contribution in [2.75, 3.05) is 31.8 Å². The molecule has 7 heteroatoms. The van der Waals surface area contributed by atoms with Crippen molar-refractivity contribution in [1.82, 2.24) is 4.31 Å². The third kappa shape index (κ3) is 7.40. The predicted molar refractivity (Wildman–Crippen MR) is 107 cm³/mol. The molecule has 27 heavy (non-hydrogen) atoms. The van der Waals surface area contributed by atoms with Gasteiger partial charge in [-0.1, -0.05) is 36.4 Å². The highest BCUT2D eigenvalue weighted by atomic mass is 32.2. The fraction of sp³-hybridized carbons (Fsp3) is 0.350. The maximum atomic E-state index is 12.2. The van der Waals surface area contributed by atoms with Crippen LogP contribution in [0.4, 0.5) is 5.69 Å². The minimum Gasteiger partial charge on any atom is -0.497 e.